The molecule has 15 heteroatoms. The smallest absolute Gasteiger partial charge is 0.255 e. The van der Waals surface area contributed by atoms with E-state index < -0.39 is 27.6 Å². The second-order valence-corrected chi connectivity index (χ2v) is 15.5. The van der Waals surface area contributed by atoms with Gasteiger partial charge in [-0.25, -0.2) is 26.6 Å². The molecule has 0 aliphatic carbocycles. The third kappa shape index (κ3) is 5.32. The molecule has 3 aromatic carbocycles. The molecule has 2 aliphatic heterocycles. The number of morpholine rings is 1. The van der Waals surface area contributed by atoms with Gasteiger partial charge in [-0.1, -0.05) is 6.07 Å². The number of aromatic nitrogens is 3. The molecular weight excluding hydrogens is 710 g/mol. The topological polar surface area (TPSA) is 122 Å². The van der Waals surface area contributed by atoms with Gasteiger partial charge in [-0.05, 0) is 48.9 Å². The first-order valence-corrected chi connectivity index (χ1v) is 18.7. The summed E-state index contributed by atoms with van der Waals surface area (Å²) < 4.78 is 85.1. The Labute approximate surface area is 300 Å². The SMILES string of the molecule is CNC(=O)c1c(-c2ccc(F)cc2F)oc2cc(N(C)S(C)(=O)=O)c(-c3cc4c(cn3)nc(CN3CC5CC3CO5)n3c5cccc(F)c5cc43)cc12. The molecule has 2 atom stereocenters. The summed E-state index contributed by atoms with van der Waals surface area (Å²) in [6.45, 7) is 1.94. The van der Waals surface area contributed by atoms with Crippen molar-refractivity contribution in [3.05, 3.63) is 95.7 Å². The van der Waals surface area contributed by atoms with E-state index in [1.807, 2.05) is 10.5 Å². The van der Waals surface area contributed by atoms with E-state index in [4.69, 9.17) is 19.1 Å². The lowest BCUT2D eigenvalue weighted by Crippen LogP contribution is -2.37. The van der Waals surface area contributed by atoms with Gasteiger partial charge in [0.25, 0.3) is 5.91 Å². The van der Waals surface area contributed by atoms with Crippen LogP contribution in [0.2, 0.25) is 0 Å². The Hall–Kier alpha value is -5.51. The van der Waals surface area contributed by atoms with Gasteiger partial charge in [0.05, 0.1) is 70.8 Å². The van der Waals surface area contributed by atoms with Crippen LogP contribution in [0.5, 0.6) is 0 Å². The maximum Gasteiger partial charge on any atom is 0.255 e. The number of likely N-dealkylation sites (tertiary alicyclic amines) is 1. The number of fused-ring (bicyclic) bond motifs is 8. The van der Waals surface area contributed by atoms with Crippen LogP contribution in [0.25, 0.3) is 60.9 Å². The molecule has 2 saturated heterocycles. The molecule has 0 saturated carbocycles. The van der Waals surface area contributed by atoms with Gasteiger partial charge >= 0.3 is 0 Å². The second-order valence-electron chi connectivity index (χ2n) is 13.5. The van der Waals surface area contributed by atoms with Gasteiger partial charge in [0.2, 0.25) is 10.0 Å². The summed E-state index contributed by atoms with van der Waals surface area (Å²) in [5.41, 5.74) is 2.55. The van der Waals surface area contributed by atoms with Gasteiger partial charge in [-0.15, -0.1) is 0 Å². The summed E-state index contributed by atoms with van der Waals surface area (Å²) in [7, 11) is -1.08. The largest absolute Gasteiger partial charge is 0.455 e. The first-order valence-electron chi connectivity index (χ1n) is 16.9. The molecule has 2 fully saturated rings. The van der Waals surface area contributed by atoms with Gasteiger partial charge in [0.1, 0.15) is 28.9 Å². The number of furan rings is 1. The fraction of sp³-hybridized carbons (Fsp3) is 0.237. The zero-order valence-corrected chi connectivity index (χ0v) is 29.5. The third-order valence-corrected chi connectivity index (χ3v) is 11.6. The highest BCUT2D eigenvalue weighted by Gasteiger charge is 2.39. The monoisotopic (exact) mass is 740 g/mol. The summed E-state index contributed by atoms with van der Waals surface area (Å²) in [5, 5.41) is 3.84. The molecule has 1 amide bonds. The fourth-order valence-electron chi connectivity index (χ4n) is 7.70. The number of carbonyl (C=O) groups is 1. The number of nitrogens with zero attached hydrogens (tertiary/aromatic N) is 5. The number of nitrogens with one attached hydrogen (secondary N) is 1. The quantitative estimate of drug-likeness (QED) is 0.203. The van der Waals surface area contributed by atoms with Crippen molar-refractivity contribution in [1.82, 2.24) is 24.6 Å². The molecule has 0 radical (unpaired) electrons. The molecule has 0 spiro atoms. The van der Waals surface area contributed by atoms with E-state index in [1.165, 1.54) is 32.3 Å². The summed E-state index contributed by atoms with van der Waals surface area (Å²) >= 11 is 0. The number of hydrogen-bond donors (Lipinski definition) is 1. The van der Waals surface area contributed by atoms with Crippen molar-refractivity contribution in [1.29, 1.82) is 0 Å². The zero-order valence-electron chi connectivity index (χ0n) is 28.7. The molecule has 53 heavy (non-hydrogen) atoms. The van der Waals surface area contributed by atoms with Crippen LogP contribution in [-0.2, 0) is 21.3 Å². The van der Waals surface area contributed by atoms with Crippen molar-refractivity contribution in [3.8, 4) is 22.6 Å². The number of hydrogen-bond acceptors (Lipinski definition) is 8. The Morgan fingerprint density at radius 2 is 1.83 bits per heavy atom. The van der Waals surface area contributed by atoms with Crippen LogP contribution in [0.3, 0.4) is 0 Å². The Balaban J connectivity index is 1.29. The van der Waals surface area contributed by atoms with Crippen LogP contribution in [0.1, 0.15) is 22.6 Å². The van der Waals surface area contributed by atoms with E-state index in [2.05, 4.69) is 10.2 Å². The van der Waals surface area contributed by atoms with Crippen LogP contribution >= 0.6 is 0 Å². The number of ether oxygens (including phenoxy) is 1. The van der Waals surface area contributed by atoms with Gasteiger partial charge in [0.15, 0.2) is 5.76 Å². The lowest BCUT2D eigenvalue weighted by Gasteiger charge is -2.26. The molecule has 2 bridgehead atoms. The molecule has 1 N–H and O–H groups in total. The number of benzene rings is 3. The molecule has 2 unspecified atom stereocenters. The molecule has 11 nitrogen and oxygen atoms in total. The van der Waals surface area contributed by atoms with Crippen LogP contribution in [0.15, 0.2) is 71.3 Å². The van der Waals surface area contributed by atoms with Crippen molar-refractivity contribution in [3.63, 3.8) is 0 Å². The second kappa shape index (κ2) is 12.0. The Bertz CT molecular complexity index is 2800. The molecule has 9 rings (SSSR count). The molecule has 7 aromatic rings. The molecule has 270 valence electrons. The van der Waals surface area contributed by atoms with Crippen molar-refractivity contribution >= 4 is 59.9 Å². The molecule has 2 aliphatic rings. The fourth-order valence-corrected chi connectivity index (χ4v) is 8.21. The maximum absolute atomic E-state index is 15.3. The van der Waals surface area contributed by atoms with Gasteiger partial charge in [-0.2, -0.15) is 0 Å². The highest BCUT2D eigenvalue weighted by Crippen LogP contribution is 2.42. The van der Waals surface area contributed by atoms with Crippen LogP contribution in [-0.4, -0.2) is 79.2 Å². The van der Waals surface area contributed by atoms with Crippen molar-refractivity contribution in [2.75, 3.05) is 37.8 Å². The van der Waals surface area contributed by atoms with Crippen molar-refractivity contribution in [2.45, 2.75) is 25.1 Å². The Morgan fingerprint density at radius 1 is 1.00 bits per heavy atom. The van der Waals surface area contributed by atoms with Crippen molar-refractivity contribution < 1.29 is 35.5 Å². The van der Waals surface area contributed by atoms with E-state index in [1.54, 1.807) is 30.5 Å². The van der Waals surface area contributed by atoms with E-state index in [-0.39, 0.29) is 51.5 Å². The first kappa shape index (κ1) is 33.3. The van der Waals surface area contributed by atoms with E-state index in [0.717, 1.165) is 29.6 Å². The lowest BCUT2D eigenvalue weighted by atomic mass is 10.00. The minimum absolute atomic E-state index is 0.0355. The highest BCUT2D eigenvalue weighted by molar-refractivity contribution is 7.92. The van der Waals surface area contributed by atoms with E-state index in [0.29, 0.717) is 63.6 Å². The number of amides is 1. The number of pyridine rings is 1. The minimum Gasteiger partial charge on any atom is -0.455 e. The van der Waals surface area contributed by atoms with E-state index >= 15 is 8.78 Å². The molecular formula is C38H31F3N6O5S. The summed E-state index contributed by atoms with van der Waals surface area (Å²) in [4.78, 5) is 25.5. The zero-order chi connectivity index (χ0) is 36.9. The maximum atomic E-state index is 15.3. The number of carbonyl (C=O) groups excluding carboxylic acids is 1. The third-order valence-electron chi connectivity index (χ3n) is 10.4. The minimum atomic E-state index is -3.85. The first-order chi connectivity index (χ1) is 25.4. The lowest BCUT2D eigenvalue weighted by molar-refractivity contribution is 0.0262. The summed E-state index contributed by atoms with van der Waals surface area (Å²) in [5.74, 6) is -2.20. The Morgan fingerprint density at radius 3 is 2.55 bits per heavy atom. The van der Waals surface area contributed by atoms with Crippen LogP contribution in [0, 0.1) is 17.5 Å². The van der Waals surface area contributed by atoms with E-state index in [9.17, 15) is 17.6 Å². The molecule has 4 aromatic heterocycles. The number of rotatable bonds is 7. The predicted octanol–water partition coefficient (Wildman–Crippen LogP) is 6.26. The highest BCUT2D eigenvalue weighted by atomic mass is 32.2. The van der Waals surface area contributed by atoms with Gasteiger partial charge < -0.3 is 14.5 Å². The standard InChI is InChI=1S/C38H31F3N6O5S/c1-42-38(48)36-26-11-24(32(45(2)53(3,49)50)14-34(26)52-37(36)22-8-7-19(39)9-28(22)41)29-12-25-30(15-43-29)44-35(17-46-16-21-10-20(46)18-51-21)47-31-6-4-5-27(40)23(31)13-33(25)47/h4-9,11-15,20-21H,10,16-18H2,1-3H3,(H,42,48). The summed E-state index contributed by atoms with van der Waals surface area (Å²) in [6.07, 6.45) is 3.76. The molecule has 6 heterocycles. The van der Waals surface area contributed by atoms with Crippen LogP contribution < -0.4 is 9.62 Å². The predicted molar refractivity (Wildman–Crippen MR) is 194 cm³/mol. The number of halogens is 3. The average molecular weight is 741 g/mol. The van der Waals surface area contributed by atoms with Crippen LogP contribution in [0.4, 0.5) is 18.9 Å². The van der Waals surface area contributed by atoms with Gasteiger partial charge in [-0.3, -0.25) is 23.4 Å². The number of anilines is 1. The van der Waals surface area contributed by atoms with Gasteiger partial charge in [0, 0.05) is 60.5 Å². The normalized spacial score (nSPS) is 17.5. The van der Waals surface area contributed by atoms with Crippen molar-refractivity contribution in [2.24, 2.45) is 0 Å². The Kier molecular flexibility index (Phi) is 7.56. The average Bonchev–Trinajstić information content (AvgIpc) is 3.92. The number of sulfonamides is 1. The summed E-state index contributed by atoms with van der Waals surface area (Å²) in [6, 6.07) is 14.6.